The maximum absolute atomic E-state index is 12.2. The molecule has 98 valence electrons. The molecule has 0 spiro atoms. The third-order valence-electron chi connectivity index (χ3n) is 1.99. The number of ether oxygens (including phenoxy) is 1. The van der Waals surface area contributed by atoms with Crippen LogP contribution in [0.3, 0.4) is 0 Å². The lowest BCUT2D eigenvalue weighted by molar-refractivity contribution is -0.127. The Bertz CT molecular complexity index is 352. The lowest BCUT2D eigenvalue weighted by Gasteiger charge is -2.01. The predicted octanol–water partition coefficient (Wildman–Crippen LogP) is 2.50. The Morgan fingerprint density at radius 3 is 2.65 bits per heavy atom. The van der Waals surface area contributed by atoms with Gasteiger partial charge in [-0.1, -0.05) is 6.92 Å². The van der Waals surface area contributed by atoms with E-state index in [0.717, 1.165) is 22.8 Å². The largest absolute Gasteiger partial charge is 0.395 e. The maximum atomic E-state index is 12.2. The molecule has 17 heavy (non-hydrogen) atoms. The van der Waals surface area contributed by atoms with Crippen LogP contribution in [0, 0.1) is 0 Å². The third kappa shape index (κ3) is 5.01. The Kier molecular flexibility index (Phi) is 5.35. The van der Waals surface area contributed by atoms with E-state index in [1.165, 1.54) is 7.11 Å². The van der Waals surface area contributed by atoms with E-state index >= 15 is 0 Å². The molecule has 1 aromatic rings. The van der Waals surface area contributed by atoms with Crippen LogP contribution in [0.4, 0.5) is 13.2 Å². The van der Waals surface area contributed by atoms with Gasteiger partial charge in [0.25, 0.3) is 0 Å². The van der Waals surface area contributed by atoms with Crippen LogP contribution in [0.2, 0.25) is 0 Å². The summed E-state index contributed by atoms with van der Waals surface area (Å²) < 4.78 is 41.6. The lowest BCUT2D eigenvalue weighted by atomic mass is 10.3. The van der Waals surface area contributed by atoms with Gasteiger partial charge in [0.1, 0.15) is 5.01 Å². The Labute approximate surface area is 102 Å². The minimum absolute atomic E-state index is 0.0949. The molecule has 0 unspecified atom stereocenters. The quantitative estimate of drug-likeness (QED) is 0.860. The minimum atomic E-state index is -4.21. The monoisotopic (exact) mass is 268 g/mol. The van der Waals surface area contributed by atoms with Crippen LogP contribution in [0.15, 0.2) is 0 Å². The van der Waals surface area contributed by atoms with Crippen molar-refractivity contribution in [2.75, 3.05) is 13.7 Å². The summed E-state index contributed by atoms with van der Waals surface area (Å²) in [6, 6.07) is 0. The fraction of sp³-hybridized carbons (Fsp3) is 0.700. The molecule has 0 saturated heterocycles. The zero-order valence-electron chi connectivity index (χ0n) is 9.73. The van der Waals surface area contributed by atoms with Gasteiger partial charge in [0.15, 0.2) is 0 Å². The number of nitrogens with zero attached hydrogens (tertiary/aromatic N) is 1. The first kappa shape index (κ1) is 14.4. The molecule has 0 aliphatic rings. The number of halogens is 3. The van der Waals surface area contributed by atoms with Crippen molar-refractivity contribution >= 4 is 11.3 Å². The fourth-order valence-corrected chi connectivity index (χ4v) is 2.38. The second-order valence-electron chi connectivity index (χ2n) is 3.48. The van der Waals surface area contributed by atoms with Crippen molar-refractivity contribution in [3.63, 3.8) is 0 Å². The molecule has 0 atom stereocenters. The molecule has 0 saturated carbocycles. The van der Waals surface area contributed by atoms with Gasteiger partial charge in [-0.3, -0.25) is 0 Å². The molecule has 3 nitrogen and oxygen atoms in total. The topological polar surface area (TPSA) is 34.2 Å². The Morgan fingerprint density at radius 1 is 1.41 bits per heavy atom. The van der Waals surface area contributed by atoms with E-state index in [-0.39, 0.29) is 11.6 Å². The zero-order valence-corrected chi connectivity index (χ0v) is 10.5. The molecular formula is C10H15F3N2OS. The summed E-state index contributed by atoms with van der Waals surface area (Å²) in [5.41, 5.74) is 0.595. The molecule has 0 aliphatic heterocycles. The summed E-state index contributed by atoms with van der Waals surface area (Å²) in [5.74, 6) is 0. The van der Waals surface area contributed by atoms with Gasteiger partial charge in [0.2, 0.25) is 0 Å². The molecule has 0 amide bonds. The van der Waals surface area contributed by atoms with Crippen molar-refractivity contribution in [2.45, 2.75) is 32.7 Å². The van der Waals surface area contributed by atoms with Crippen LogP contribution >= 0.6 is 11.3 Å². The predicted molar refractivity (Wildman–Crippen MR) is 60.0 cm³/mol. The number of aromatic nitrogens is 1. The molecular weight excluding hydrogens is 253 g/mol. The van der Waals surface area contributed by atoms with Crippen LogP contribution in [0.5, 0.6) is 0 Å². The highest BCUT2D eigenvalue weighted by Crippen LogP contribution is 2.26. The van der Waals surface area contributed by atoms with Gasteiger partial charge >= 0.3 is 6.18 Å². The number of rotatable bonds is 6. The molecule has 7 heteroatoms. The van der Waals surface area contributed by atoms with E-state index < -0.39 is 12.6 Å². The SMILES string of the molecule is CCNCc1sc(CC(F)(F)F)nc1COC. The number of hydrogen-bond donors (Lipinski definition) is 1. The zero-order chi connectivity index (χ0) is 12.9. The summed E-state index contributed by atoms with van der Waals surface area (Å²) in [4.78, 5) is 4.78. The highest BCUT2D eigenvalue weighted by atomic mass is 32.1. The first-order chi connectivity index (χ1) is 7.96. The van der Waals surface area contributed by atoms with Crippen molar-refractivity contribution in [1.82, 2.24) is 10.3 Å². The summed E-state index contributed by atoms with van der Waals surface area (Å²) in [6.07, 6.45) is -5.18. The summed E-state index contributed by atoms with van der Waals surface area (Å²) >= 11 is 1.09. The van der Waals surface area contributed by atoms with Crippen LogP contribution in [0.25, 0.3) is 0 Å². The average molecular weight is 268 g/mol. The van der Waals surface area contributed by atoms with E-state index in [1.807, 2.05) is 6.92 Å². The highest BCUT2D eigenvalue weighted by Gasteiger charge is 2.30. The molecule has 0 fully saturated rings. The molecule has 1 N–H and O–H groups in total. The normalized spacial score (nSPS) is 12.1. The first-order valence-corrected chi connectivity index (χ1v) is 6.01. The van der Waals surface area contributed by atoms with E-state index in [2.05, 4.69) is 10.3 Å². The first-order valence-electron chi connectivity index (χ1n) is 5.20. The number of nitrogens with one attached hydrogen (secondary N) is 1. The Hall–Kier alpha value is -0.660. The molecule has 1 aromatic heterocycles. The van der Waals surface area contributed by atoms with Gasteiger partial charge in [-0.05, 0) is 6.54 Å². The van der Waals surface area contributed by atoms with Crippen molar-refractivity contribution in [3.05, 3.63) is 15.6 Å². The second kappa shape index (κ2) is 6.32. The van der Waals surface area contributed by atoms with E-state index in [0.29, 0.717) is 12.2 Å². The van der Waals surface area contributed by atoms with Crippen LogP contribution in [-0.4, -0.2) is 24.8 Å². The highest BCUT2D eigenvalue weighted by molar-refractivity contribution is 7.11. The van der Waals surface area contributed by atoms with E-state index in [1.54, 1.807) is 0 Å². The van der Waals surface area contributed by atoms with Gasteiger partial charge < -0.3 is 10.1 Å². The Morgan fingerprint density at radius 2 is 2.12 bits per heavy atom. The van der Waals surface area contributed by atoms with Gasteiger partial charge in [-0.25, -0.2) is 4.98 Å². The molecule has 1 rings (SSSR count). The molecule has 1 heterocycles. The summed E-state index contributed by atoms with van der Waals surface area (Å²) in [7, 11) is 1.50. The number of methoxy groups -OCH3 is 1. The van der Waals surface area contributed by atoms with Crippen molar-refractivity contribution in [1.29, 1.82) is 0 Å². The van der Waals surface area contributed by atoms with Crippen LogP contribution in [-0.2, 0) is 24.3 Å². The van der Waals surface area contributed by atoms with Crippen molar-refractivity contribution in [2.24, 2.45) is 0 Å². The van der Waals surface area contributed by atoms with Gasteiger partial charge in [0, 0.05) is 18.5 Å². The van der Waals surface area contributed by atoms with E-state index in [4.69, 9.17) is 4.74 Å². The molecule has 0 radical (unpaired) electrons. The van der Waals surface area contributed by atoms with E-state index in [9.17, 15) is 13.2 Å². The smallest absolute Gasteiger partial charge is 0.378 e. The summed E-state index contributed by atoms with van der Waals surface area (Å²) in [6.45, 7) is 3.48. The average Bonchev–Trinajstić information content (AvgIpc) is 2.55. The lowest BCUT2D eigenvalue weighted by Crippen LogP contribution is -2.12. The molecule has 0 bridgehead atoms. The molecule has 0 aromatic carbocycles. The molecule has 0 aliphatic carbocycles. The fourth-order valence-electron chi connectivity index (χ4n) is 1.31. The van der Waals surface area contributed by atoms with Gasteiger partial charge in [-0.15, -0.1) is 11.3 Å². The second-order valence-corrected chi connectivity index (χ2v) is 4.65. The van der Waals surface area contributed by atoms with Crippen LogP contribution in [0.1, 0.15) is 22.5 Å². The standard InChI is InChI=1S/C10H15F3N2OS/c1-3-14-5-8-7(6-16-2)15-9(17-8)4-10(11,12)13/h14H,3-6H2,1-2H3. The third-order valence-corrected chi connectivity index (χ3v) is 3.09. The number of alkyl halides is 3. The minimum Gasteiger partial charge on any atom is -0.378 e. The number of hydrogen-bond acceptors (Lipinski definition) is 4. The van der Waals surface area contributed by atoms with Crippen molar-refractivity contribution in [3.8, 4) is 0 Å². The maximum Gasteiger partial charge on any atom is 0.395 e. The summed E-state index contributed by atoms with van der Waals surface area (Å²) in [5, 5.41) is 3.17. The van der Waals surface area contributed by atoms with Crippen LogP contribution < -0.4 is 5.32 Å². The van der Waals surface area contributed by atoms with Gasteiger partial charge in [0.05, 0.1) is 18.7 Å². The van der Waals surface area contributed by atoms with Crippen molar-refractivity contribution < 1.29 is 17.9 Å². The Balaban J connectivity index is 2.79. The number of thiazole rings is 1. The van der Waals surface area contributed by atoms with Gasteiger partial charge in [-0.2, -0.15) is 13.2 Å².